The highest BCUT2D eigenvalue weighted by molar-refractivity contribution is 5.41. The molecule has 2 heteroatoms. The quantitative estimate of drug-likeness (QED) is 0.874. The molecule has 0 bridgehead atoms. The van der Waals surface area contributed by atoms with Crippen LogP contribution in [-0.2, 0) is 6.42 Å². The van der Waals surface area contributed by atoms with Gasteiger partial charge < -0.3 is 9.84 Å². The summed E-state index contributed by atoms with van der Waals surface area (Å²) in [5.41, 5.74) is 2.34. The van der Waals surface area contributed by atoms with E-state index in [-0.39, 0.29) is 12.2 Å². The van der Waals surface area contributed by atoms with Gasteiger partial charge in [-0.2, -0.15) is 0 Å². The van der Waals surface area contributed by atoms with Crippen molar-refractivity contribution in [1.82, 2.24) is 0 Å². The maximum absolute atomic E-state index is 10.6. The minimum atomic E-state index is -0.297. The van der Waals surface area contributed by atoms with Crippen LogP contribution in [0.15, 0.2) is 18.2 Å². The molecule has 2 nitrogen and oxygen atoms in total. The second-order valence-electron chi connectivity index (χ2n) is 6.46. The SMILES string of the molecule is CC1CCC(C(O)c2ccc3c(c2)CC(C)O3)CC1. The molecule has 0 amide bonds. The number of hydrogen-bond acceptors (Lipinski definition) is 2. The molecule has 1 aromatic rings. The van der Waals surface area contributed by atoms with Crippen molar-refractivity contribution in [3.63, 3.8) is 0 Å². The first-order valence-electron chi connectivity index (χ1n) is 7.61. The van der Waals surface area contributed by atoms with E-state index >= 15 is 0 Å². The smallest absolute Gasteiger partial charge is 0.123 e. The van der Waals surface area contributed by atoms with E-state index in [1.165, 1.54) is 18.4 Å². The molecule has 0 aromatic heterocycles. The number of aliphatic hydroxyl groups is 1. The van der Waals surface area contributed by atoms with Crippen LogP contribution in [0.2, 0.25) is 0 Å². The van der Waals surface area contributed by atoms with Crippen molar-refractivity contribution >= 4 is 0 Å². The average Bonchev–Trinajstić information content (AvgIpc) is 2.77. The summed E-state index contributed by atoms with van der Waals surface area (Å²) >= 11 is 0. The molecular formula is C17H24O2. The highest BCUT2D eigenvalue weighted by atomic mass is 16.5. The first-order valence-corrected chi connectivity index (χ1v) is 7.61. The van der Waals surface area contributed by atoms with Gasteiger partial charge in [0.25, 0.3) is 0 Å². The summed E-state index contributed by atoms with van der Waals surface area (Å²) in [6.07, 6.45) is 5.78. The zero-order chi connectivity index (χ0) is 13.4. The first-order chi connectivity index (χ1) is 9.13. The molecule has 2 atom stereocenters. The Morgan fingerprint density at radius 2 is 1.89 bits per heavy atom. The summed E-state index contributed by atoms with van der Waals surface area (Å²) in [6.45, 7) is 4.41. The lowest BCUT2D eigenvalue weighted by Gasteiger charge is -2.30. The van der Waals surface area contributed by atoms with Crippen LogP contribution in [0, 0.1) is 11.8 Å². The number of benzene rings is 1. The molecule has 1 aliphatic heterocycles. The van der Waals surface area contributed by atoms with E-state index < -0.39 is 0 Å². The Morgan fingerprint density at radius 1 is 1.16 bits per heavy atom. The van der Waals surface area contributed by atoms with E-state index in [4.69, 9.17) is 4.74 Å². The van der Waals surface area contributed by atoms with Gasteiger partial charge in [-0.25, -0.2) is 0 Å². The number of hydrogen-bond donors (Lipinski definition) is 1. The lowest BCUT2D eigenvalue weighted by molar-refractivity contribution is 0.0755. The molecule has 0 saturated heterocycles. The summed E-state index contributed by atoms with van der Waals surface area (Å²) in [5, 5.41) is 10.6. The zero-order valence-corrected chi connectivity index (χ0v) is 11.9. The highest BCUT2D eigenvalue weighted by Crippen LogP contribution is 2.38. The minimum absolute atomic E-state index is 0.276. The molecule has 1 N–H and O–H groups in total. The standard InChI is InChI=1S/C17H24O2/c1-11-3-5-13(6-4-11)17(18)14-7-8-16-15(10-14)9-12(2)19-16/h7-8,10-13,17-18H,3-6,9H2,1-2H3. The summed E-state index contributed by atoms with van der Waals surface area (Å²) in [7, 11) is 0. The van der Waals surface area contributed by atoms with Crippen LogP contribution < -0.4 is 4.74 Å². The topological polar surface area (TPSA) is 29.5 Å². The molecule has 2 aliphatic rings. The van der Waals surface area contributed by atoms with Crippen LogP contribution >= 0.6 is 0 Å². The van der Waals surface area contributed by atoms with Gasteiger partial charge in [-0.1, -0.05) is 25.8 Å². The van der Waals surface area contributed by atoms with Crippen molar-refractivity contribution in [2.45, 2.75) is 58.2 Å². The third-order valence-electron chi connectivity index (χ3n) is 4.77. The van der Waals surface area contributed by atoms with Gasteiger partial charge in [0.1, 0.15) is 11.9 Å². The molecule has 0 spiro atoms. The molecular weight excluding hydrogens is 236 g/mol. The van der Waals surface area contributed by atoms with Crippen molar-refractivity contribution in [3.8, 4) is 5.75 Å². The molecule has 3 rings (SSSR count). The van der Waals surface area contributed by atoms with Crippen LogP contribution in [0.5, 0.6) is 5.75 Å². The van der Waals surface area contributed by atoms with Crippen LogP contribution in [0.3, 0.4) is 0 Å². The van der Waals surface area contributed by atoms with E-state index in [1.807, 2.05) is 12.1 Å². The van der Waals surface area contributed by atoms with Gasteiger partial charge in [0, 0.05) is 6.42 Å². The van der Waals surface area contributed by atoms with E-state index in [9.17, 15) is 5.11 Å². The van der Waals surface area contributed by atoms with Gasteiger partial charge in [-0.3, -0.25) is 0 Å². The average molecular weight is 260 g/mol. The van der Waals surface area contributed by atoms with Crippen molar-refractivity contribution in [1.29, 1.82) is 0 Å². The van der Waals surface area contributed by atoms with E-state index in [0.717, 1.165) is 36.5 Å². The molecule has 2 unspecified atom stereocenters. The highest BCUT2D eigenvalue weighted by Gasteiger charge is 2.27. The summed E-state index contributed by atoms with van der Waals surface area (Å²) in [5.74, 6) is 2.27. The van der Waals surface area contributed by atoms with Crippen molar-refractivity contribution in [3.05, 3.63) is 29.3 Å². The van der Waals surface area contributed by atoms with Gasteiger partial charge >= 0.3 is 0 Å². The van der Waals surface area contributed by atoms with Crippen LogP contribution in [0.4, 0.5) is 0 Å². The lowest BCUT2D eigenvalue weighted by atomic mass is 9.78. The normalized spacial score (nSPS) is 31.6. The van der Waals surface area contributed by atoms with E-state index in [2.05, 4.69) is 19.9 Å². The van der Waals surface area contributed by atoms with Gasteiger partial charge in [-0.15, -0.1) is 0 Å². The Morgan fingerprint density at radius 3 is 2.63 bits per heavy atom. The number of rotatable bonds is 2. The molecule has 1 aromatic carbocycles. The van der Waals surface area contributed by atoms with Gasteiger partial charge in [0.05, 0.1) is 6.10 Å². The van der Waals surface area contributed by atoms with Crippen molar-refractivity contribution < 1.29 is 9.84 Å². The molecule has 1 saturated carbocycles. The minimum Gasteiger partial charge on any atom is -0.490 e. The fraction of sp³-hybridized carbons (Fsp3) is 0.647. The second kappa shape index (κ2) is 5.16. The van der Waals surface area contributed by atoms with E-state index in [0.29, 0.717) is 5.92 Å². The molecule has 1 heterocycles. The van der Waals surface area contributed by atoms with Crippen LogP contribution in [0.25, 0.3) is 0 Å². The summed E-state index contributed by atoms with van der Waals surface area (Å²) in [4.78, 5) is 0. The zero-order valence-electron chi connectivity index (χ0n) is 11.9. The Labute approximate surface area is 115 Å². The molecule has 1 aliphatic carbocycles. The third kappa shape index (κ3) is 2.64. The van der Waals surface area contributed by atoms with Crippen LogP contribution in [-0.4, -0.2) is 11.2 Å². The van der Waals surface area contributed by atoms with Gasteiger partial charge in [0.15, 0.2) is 0 Å². The third-order valence-corrected chi connectivity index (χ3v) is 4.77. The van der Waals surface area contributed by atoms with Crippen molar-refractivity contribution in [2.24, 2.45) is 11.8 Å². The Hall–Kier alpha value is -1.02. The predicted octanol–water partition coefficient (Wildman–Crippen LogP) is 3.87. The largest absolute Gasteiger partial charge is 0.490 e. The Kier molecular flexibility index (Phi) is 3.53. The monoisotopic (exact) mass is 260 g/mol. The fourth-order valence-electron chi connectivity index (χ4n) is 3.50. The Balaban J connectivity index is 1.74. The molecule has 0 radical (unpaired) electrons. The first kappa shape index (κ1) is 13.0. The summed E-state index contributed by atoms with van der Waals surface area (Å²) < 4.78 is 5.72. The maximum atomic E-state index is 10.6. The second-order valence-corrected chi connectivity index (χ2v) is 6.46. The molecule has 19 heavy (non-hydrogen) atoms. The molecule has 104 valence electrons. The summed E-state index contributed by atoms with van der Waals surface area (Å²) in [6, 6.07) is 6.23. The number of aliphatic hydroxyl groups excluding tert-OH is 1. The fourth-order valence-corrected chi connectivity index (χ4v) is 3.50. The van der Waals surface area contributed by atoms with Gasteiger partial charge in [0.2, 0.25) is 0 Å². The number of ether oxygens (including phenoxy) is 1. The van der Waals surface area contributed by atoms with E-state index in [1.54, 1.807) is 0 Å². The number of fused-ring (bicyclic) bond motifs is 1. The predicted molar refractivity (Wildman–Crippen MR) is 76.3 cm³/mol. The van der Waals surface area contributed by atoms with Crippen LogP contribution in [0.1, 0.15) is 56.8 Å². The molecule has 1 fully saturated rings. The van der Waals surface area contributed by atoms with Crippen molar-refractivity contribution in [2.75, 3.05) is 0 Å². The Bertz CT molecular complexity index is 447. The maximum Gasteiger partial charge on any atom is 0.123 e. The van der Waals surface area contributed by atoms with Gasteiger partial charge in [-0.05, 0) is 54.9 Å². The lowest BCUT2D eigenvalue weighted by Crippen LogP contribution is -2.19.